The zero-order chi connectivity index (χ0) is 23.8. The molecule has 1 aliphatic heterocycles. The van der Waals surface area contributed by atoms with Gasteiger partial charge in [-0.25, -0.2) is 16.8 Å². The Bertz CT molecular complexity index is 1210. The molecule has 0 amide bonds. The topological polar surface area (TPSA) is 93.2 Å². The van der Waals surface area contributed by atoms with Crippen molar-refractivity contribution in [2.24, 2.45) is 0 Å². The number of methoxy groups -OCH3 is 2. The quantitative estimate of drug-likeness (QED) is 0.628. The number of rotatable bonds is 6. The Balaban J connectivity index is 1.89. The number of benzene rings is 2. The molecule has 1 aliphatic rings. The van der Waals surface area contributed by atoms with Crippen molar-refractivity contribution in [1.82, 2.24) is 8.61 Å². The van der Waals surface area contributed by atoms with Gasteiger partial charge in [0.15, 0.2) is 0 Å². The first-order valence-electron chi connectivity index (χ1n) is 10.2. The Morgan fingerprint density at radius 1 is 0.719 bits per heavy atom. The molecule has 10 heteroatoms. The molecule has 0 spiro atoms. The Morgan fingerprint density at radius 2 is 1.22 bits per heavy atom. The lowest BCUT2D eigenvalue weighted by molar-refractivity contribution is 0.271. The Morgan fingerprint density at radius 3 is 1.69 bits per heavy atom. The molecule has 0 radical (unpaired) electrons. The van der Waals surface area contributed by atoms with Crippen LogP contribution in [-0.2, 0) is 20.0 Å². The zero-order valence-electron chi connectivity index (χ0n) is 19.3. The molecule has 1 fully saturated rings. The maximum atomic E-state index is 13.5. The van der Waals surface area contributed by atoms with Crippen LogP contribution in [0.3, 0.4) is 0 Å². The summed E-state index contributed by atoms with van der Waals surface area (Å²) in [5, 5.41) is 0. The molecule has 32 heavy (non-hydrogen) atoms. The fraction of sp³-hybridized carbons (Fsp3) is 0.455. The van der Waals surface area contributed by atoms with Gasteiger partial charge >= 0.3 is 0 Å². The molecule has 176 valence electrons. The van der Waals surface area contributed by atoms with Gasteiger partial charge in [0.2, 0.25) is 20.0 Å². The average Bonchev–Trinajstić information content (AvgIpc) is 2.77. The van der Waals surface area contributed by atoms with Crippen LogP contribution in [0.1, 0.15) is 22.3 Å². The molecule has 0 aliphatic carbocycles. The molecular formula is C22H30N2O6S2. The van der Waals surface area contributed by atoms with Gasteiger partial charge in [-0.3, -0.25) is 0 Å². The molecule has 8 nitrogen and oxygen atoms in total. The Labute approximate surface area is 190 Å². The summed E-state index contributed by atoms with van der Waals surface area (Å²) in [6.07, 6.45) is 0. The lowest BCUT2D eigenvalue weighted by Crippen LogP contribution is -2.50. The summed E-state index contributed by atoms with van der Waals surface area (Å²) in [7, 11) is -4.79. The highest BCUT2D eigenvalue weighted by Gasteiger charge is 2.36. The predicted molar refractivity (Wildman–Crippen MR) is 122 cm³/mol. The number of aryl methyl sites for hydroxylation is 2. The predicted octanol–water partition coefficient (Wildman–Crippen LogP) is 2.63. The van der Waals surface area contributed by atoms with E-state index in [0.29, 0.717) is 10.6 Å². The van der Waals surface area contributed by atoms with Crippen LogP contribution in [0.2, 0.25) is 0 Å². The van der Waals surface area contributed by atoms with E-state index < -0.39 is 20.0 Å². The first-order valence-corrected chi connectivity index (χ1v) is 13.1. The SMILES string of the molecule is COc1ccc(OC)c(S(=O)(=O)N2CCN(S(=O)(=O)c3c(C)c(C)cc(C)c3C)CC2)c1. The van der Waals surface area contributed by atoms with Gasteiger partial charge in [0.1, 0.15) is 16.4 Å². The first kappa shape index (κ1) is 24.5. The average molecular weight is 483 g/mol. The lowest BCUT2D eigenvalue weighted by Gasteiger charge is -2.34. The highest BCUT2D eigenvalue weighted by atomic mass is 32.2. The third-order valence-corrected chi connectivity index (χ3v) is 10.2. The standard InChI is InChI=1S/C22H30N2O6S2/c1-15-13-16(2)18(4)22(17(15)3)32(27,28)24-11-9-23(10-12-24)31(25,26)21-14-19(29-5)7-8-20(21)30-6/h7-8,13-14H,9-12H2,1-6H3. The van der Waals surface area contributed by atoms with E-state index in [-0.39, 0.29) is 36.8 Å². The molecule has 0 bridgehead atoms. The Kier molecular flexibility index (Phi) is 6.90. The summed E-state index contributed by atoms with van der Waals surface area (Å²) in [4.78, 5) is 0.317. The number of hydrogen-bond donors (Lipinski definition) is 0. The van der Waals surface area contributed by atoms with Gasteiger partial charge in [-0.1, -0.05) is 6.07 Å². The number of hydrogen-bond acceptors (Lipinski definition) is 6. The van der Waals surface area contributed by atoms with Crippen LogP contribution in [0.5, 0.6) is 11.5 Å². The monoisotopic (exact) mass is 482 g/mol. The van der Waals surface area contributed by atoms with Crippen molar-refractivity contribution >= 4 is 20.0 Å². The van der Waals surface area contributed by atoms with Crippen LogP contribution in [0.25, 0.3) is 0 Å². The smallest absolute Gasteiger partial charge is 0.246 e. The lowest BCUT2D eigenvalue weighted by atomic mass is 10.0. The van der Waals surface area contributed by atoms with Gasteiger partial charge in [0, 0.05) is 32.2 Å². The van der Waals surface area contributed by atoms with Crippen molar-refractivity contribution in [2.45, 2.75) is 37.5 Å². The molecule has 1 heterocycles. The second kappa shape index (κ2) is 9.01. The summed E-state index contributed by atoms with van der Waals surface area (Å²) < 4.78 is 66.6. The van der Waals surface area contributed by atoms with Crippen LogP contribution < -0.4 is 9.47 Å². The maximum Gasteiger partial charge on any atom is 0.246 e. The zero-order valence-corrected chi connectivity index (χ0v) is 20.9. The van der Waals surface area contributed by atoms with Crippen molar-refractivity contribution in [3.05, 3.63) is 46.5 Å². The van der Waals surface area contributed by atoms with Crippen LogP contribution in [0.4, 0.5) is 0 Å². The van der Waals surface area contributed by atoms with E-state index in [9.17, 15) is 16.8 Å². The largest absolute Gasteiger partial charge is 0.497 e. The van der Waals surface area contributed by atoms with E-state index in [2.05, 4.69) is 0 Å². The second-order valence-corrected chi connectivity index (χ2v) is 11.7. The molecule has 2 aromatic carbocycles. The van der Waals surface area contributed by atoms with Crippen LogP contribution in [0.15, 0.2) is 34.1 Å². The minimum absolute atomic E-state index is 0.00310. The van der Waals surface area contributed by atoms with Crippen LogP contribution in [-0.4, -0.2) is 65.8 Å². The molecule has 0 aromatic heterocycles. The van der Waals surface area contributed by atoms with Gasteiger partial charge in [-0.15, -0.1) is 0 Å². The summed E-state index contributed by atoms with van der Waals surface area (Å²) >= 11 is 0. The molecule has 0 atom stereocenters. The Hall–Kier alpha value is -2.14. The molecular weight excluding hydrogens is 452 g/mol. The van der Waals surface area contributed by atoms with Gasteiger partial charge in [-0.05, 0) is 62.1 Å². The van der Waals surface area contributed by atoms with Crippen molar-refractivity contribution in [3.8, 4) is 11.5 Å². The van der Waals surface area contributed by atoms with Gasteiger partial charge in [0.25, 0.3) is 0 Å². The van der Waals surface area contributed by atoms with Crippen LogP contribution >= 0.6 is 0 Å². The molecule has 1 saturated heterocycles. The molecule has 2 aromatic rings. The van der Waals surface area contributed by atoms with Gasteiger partial charge in [-0.2, -0.15) is 8.61 Å². The second-order valence-electron chi connectivity index (χ2n) is 7.91. The molecule has 0 unspecified atom stereocenters. The number of ether oxygens (including phenoxy) is 2. The van der Waals surface area contributed by atoms with Gasteiger partial charge in [0.05, 0.1) is 19.1 Å². The summed E-state index contributed by atoms with van der Waals surface area (Å²) in [5.74, 6) is 0.605. The van der Waals surface area contributed by atoms with Crippen molar-refractivity contribution in [2.75, 3.05) is 40.4 Å². The van der Waals surface area contributed by atoms with E-state index in [1.807, 2.05) is 33.8 Å². The minimum atomic E-state index is -3.89. The fourth-order valence-electron chi connectivity index (χ4n) is 3.97. The number of sulfonamides is 2. The van der Waals surface area contributed by atoms with E-state index in [0.717, 1.165) is 22.3 Å². The molecule has 3 rings (SSSR count). The van der Waals surface area contributed by atoms with E-state index in [1.165, 1.54) is 35.0 Å². The van der Waals surface area contributed by atoms with E-state index in [4.69, 9.17) is 9.47 Å². The fourth-order valence-corrected chi connectivity index (χ4v) is 7.56. The van der Waals surface area contributed by atoms with Gasteiger partial charge < -0.3 is 9.47 Å². The molecule has 0 N–H and O–H groups in total. The van der Waals surface area contributed by atoms with Crippen molar-refractivity contribution in [1.29, 1.82) is 0 Å². The highest BCUT2D eigenvalue weighted by molar-refractivity contribution is 7.89. The minimum Gasteiger partial charge on any atom is -0.497 e. The highest BCUT2D eigenvalue weighted by Crippen LogP contribution is 2.33. The third-order valence-electron chi connectivity index (χ3n) is 6.08. The number of piperazine rings is 1. The van der Waals surface area contributed by atoms with E-state index in [1.54, 1.807) is 6.07 Å². The van der Waals surface area contributed by atoms with Crippen LogP contribution in [0, 0.1) is 27.7 Å². The summed E-state index contributed by atoms with van der Waals surface area (Å²) in [5.41, 5.74) is 3.28. The number of nitrogens with zero attached hydrogens (tertiary/aromatic N) is 2. The molecule has 0 saturated carbocycles. The maximum absolute atomic E-state index is 13.5. The van der Waals surface area contributed by atoms with Crippen molar-refractivity contribution in [3.63, 3.8) is 0 Å². The van der Waals surface area contributed by atoms with E-state index >= 15 is 0 Å². The normalized spacial score (nSPS) is 16.2. The summed E-state index contributed by atoms with van der Waals surface area (Å²) in [6.45, 7) is 7.64. The summed E-state index contributed by atoms with van der Waals surface area (Å²) in [6, 6.07) is 6.56. The first-order chi connectivity index (χ1) is 14.9. The third kappa shape index (κ3) is 4.24. The van der Waals surface area contributed by atoms with Crippen molar-refractivity contribution < 1.29 is 26.3 Å².